The third-order valence-corrected chi connectivity index (χ3v) is 5.29. The minimum Gasteiger partial charge on any atom is -0.360 e. The Morgan fingerprint density at radius 1 is 1.38 bits per heavy atom. The van der Waals surface area contributed by atoms with Gasteiger partial charge in [0.05, 0.1) is 5.75 Å². The first kappa shape index (κ1) is 18.8. The Labute approximate surface area is 145 Å². The quantitative estimate of drug-likeness (QED) is 0.584. The Hall–Kier alpha value is -1.55. The van der Waals surface area contributed by atoms with E-state index < -0.39 is 12.7 Å². The molecule has 24 heavy (non-hydrogen) atoms. The zero-order valence-electron chi connectivity index (χ0n) is 13.4. The molecule has 0 saturated heterocycles. The minimum absolute atomic E-state index is 0.108. The molecule has 2 rings (SSSR count). The van der Waals surface area contributed by atoms with Gasteiger partial charge in [0, 0.05) is 23.5 Å². The summed E-state index contributed by atoms with van der Waals surface area (Å²) in [5.41, 5.74) is 1.07. The predicted octanol–water partition coefficient (Wildman–Crippen LogP) is 3.93. The first-order valence-corrected chi connectivity index (χ1v) is 8.98. The molecule has 2 heterocycles. The van der Waals surface area contributed by atoms with Gasteiger partial charge in [0.2, 0.25) is 5.13 Å². The summed E-state index contributed by atoms with van der Waals surface area (Å²) < 4.78 is 39.6. The fourth-order valence-corrected chi connectivity index (χ4v) is 3.90. The lowest BCUT2D eigenvalue weighted by Gasteiger charge is -2.12. The lowest BCUT2D eigenvalue weighted by Crippen LogP contribution is -2.19. The van der Waals surface area contributed by atoms with Gasteiger partial charge in [0.15, 0.2) is 10.1 Å². The Morgan fingerprint density at radius 3 is 2.71 bits per heavy atom. The summed E-state index contributed by atoms with van der Waals surface area (Å²) in [4.78, 5) is 12.3. The van der Waals surface area contributed by atoms with Crippen molar-refractivity contribution in [2.24, 2.45) is 0 Å². The molecule has 0 aliphatic heterocycles. The number of ketones is 1. The highest BCUT2D eigenvalue weighted by atomic mass is 32.2. The van der Waals surface area contributed by atoms with Crippen LogP contribution in [-0.2, 0) is 6.54 Å². The predicted molar refractivity (Wildman–Crippen MR) is 89.1 cm³/mol. The Bertz CT molecular complexity index is 724. The number of aryl methyl sites for hydroxylation is 1. The van der Waals surface area contributed by atoms with E-state index in [4.69, 9.17) is 0 Å². The summed E-state index contributed by atoms with van der Waals surface area (Å²) in [5.74, 6) is -0.112. The maximum absolute atomic E-state index is 12.6. The second kappa shape index (κ2) is 7.56. The third kappa shape index (κ3) is 4.73. The molecule has 2 aromatic heterocycles. The van der Waals surface area contributed by atoms with E-state index in [9.17, 15) is 18.0 Å². The van der Waals surface area contributed by atoms with Crippen LogP contribution in [0.25, 0.3) is 0 Å². The average molecular weight is 378 g/mol. The average Bonchev–Trinajstić information content (AvgIpc) is 3.04. The van der Waals surface area contributed by atoms with E-state index in [0.717, 1.165) is 11.1 Å². The molecule has 132 valence electrons. The molecule has 0 amide bonds. The second-order valence-electron chi connectivity index (χ2n) is 5.10. The molecular weight excluding hydrogens is 361 g/mol. The standard InChI is InChI=1S/C14H17F3N4OS2/c1-4-18-12-19-20-13(24-12)23-6-11(22)10-5-8(2)21(9(10)3)7-14(15,16)17/h5H,4,6-7H2,1-3H3,(H,18,19). The topological polar surface area (TPSA) is 59.8 Å². The molecule has 0 aromatic carbocycles. The molecule has 1 N–H and O–H groups in total. The number of carbonyl (C=O) groups excluding carboxylic acids is 1. The largest absolute Gasteiger partial charge is 0.406 e. The van der Waals surface area contributed by atoms with Crippen LogP contribution in [0.4, 0.5) is 18.3 Å². The summed E-state index contributed by atoms with van der Waals surface area (Å²) in [6.07, 6.45) is -4.32. The Kier molecular flexibility index (Phi) is 5.92. The molecule has 10 heteroatoms. The molecule has 0 saturated carbocycles. The van der Waals surface area contributed by atoms with Gasteiger partial charge in [0.1, 0.15) is 6.54 Å². The van der Waals surface area contributed by atoms with Crippen molar-refractivity contribution in [3.8, 4) is 0 Å². The van der Waals surface area contributed by atoms with Gasteiger partial charge >= 0.3 is 6.18 Å². The minimum atomic E-state index is -4.32. The molecule has 0 aliphatic rings. The number of halogens is 3. The molecule has 0 unspecified atom stereocenters. The molecule has 2 aromatic rings. The lowest BCUT2D eigenvalue weighted by atomic mass is 10.2. The highest BCUT2D eigenvalue weighted by molar-refractivity contribution is 8.01. The smallest absolute Gasteiger partial charge is 0.360 e. The molecule has 0 bridgehead atoms. The number of hydrogen-bond donors (Lipinski definition) is 1. The van der Waals surface area contributed by atoms with Crippen LogP contribution in [0.2, 0.25) is 0 Å². The lowest BCUT2D eigenvalue weighted by molar-refractivity contribution is -0.141. The van der Waals surface area contributed by atoms with Crippen molar-refractivity contribution in [3.63, 3.8) is 0 Å². The number of nitrogens with one attached hydrogen (secondary N) is 1. The van der Waals surface area contributed by atoms with Gasteiger partial charge in [-0.25, -0.2) is 0 Å². The number of carbonyl (C=O) groups is 1. The fraction of sp³-hybridized carbons (Fsp3) is 0.500. The molecule has 0 spiro atoms. The highest BCUT2D eigenvalue weighted by Gasteiger charge is 2.30. The maximum Gasteiger partial charge on any atom is 0.406 e. The van der Waals surface area contributed by atoms with Crippen LogP contribution in [0.5, 0.6) is 0 Å². The van der Waals surface area contributed by atoms with E-state index in [1.165, 1.54) is 36.1 Å². The summed E-state index contributed by atoms with van der Waals surface area (Å²) in [5, 5.41) is 11.6. The van der Waals surface area contributed by atoms with E-state index in [1.807, 2.05) is 6.92 Å². The van der Waals surface area contributed by atoms with Crippen LogP contribution in [0.15, 0.2) is 10.4 Å². The van der Waals surface area contributed by atoms with Crippen LogP contribution in [0, 0.1) is 13.8 Å². The normalized spacial score (nSPS) is 11.8. The zero-order valence-corrected chi connectivity index (χ0v) is 15.0. The maximum atomic E-state index is 12.6. The van der Waals surface area contributed by atoms with Crippen LogP contribution in [-0.4, -0.2) is 39.0 Å². The summed E-state index contributed by atoms with van der Waals surface area (Å²) in [7, 11) is 0. The number of nitrogens with zero attached hydrogens (tertiary/aromatic N) is 3. The van der Waals surface area contributed by atoms with E-state index in [2.05, 4.69) is 15.5 Å². The van der Waals surface area contributed by atoms with Crippen LogP contribution >= 0.6 is 23.1 Å². The van der Waals surface area contributed by atoms with Crippen molar-refractivity contribution < 1.29 is 18.0 Å². The fourth-order valence-electron chi connectivity index (χ4n) is 2.20. The van der Waals surface area contributed by atoms with Crippen molar-refractivity contribution in [1.82, 2.24) is 14.8 Å². The van der Waals surface area contributed by atoms with Crippen LogP contribution in [0.1, 0.15) is 28.7 Å². The van der Waals surface area contributed by atoms with Gasteiger partial charge in [0.25, 0.3) is 0 Å². The van der Waals surface area contributed by atoms with Gasteiger partial charge in [-0.3, -0.25) is 4.79 Å². The van der Waals surface area contributed by atoms with Crippen molar-refractivity contribution in [1.29, 1.82) is 0 Å². The van der Waals surface area contributed by atoms with Gasteiger partial charge in [-0.05, 0) is 26.8 Å². The SMILES string of the molecule is CCNc1nnc(SCC(=O)c2cc(C)n(CC(F)(F)F)c2C)s1. The molecule has 5 nitrogen and oxygen atoms in total. The van der Waals surface area contributed by atoms with E-state index in [-0.39, 0.29) is 11.5 Å². The molecule has 0 radical (unpaired) electrons. The number of hydrogen-bond acceptors (Lipinski definition) is 6. The van der Waals surface area contributed by atoms with Gasteiger partial charge in [-0.15, -0.1) is 10.2 Å². The molecule has 0 fully saturated rings. The number of rotatable bonds is 7. The highest BCUT2D eigenvalue weighted by Crippen LogP contribution is 2.28. The molecule has 0 atom stereocenters. The number of aromatic nitrogens is 3. The van der Waals surface area contributed by atoms with Crippen LogP contribution in [0.3, 0.4) is 0 Å². The number of anilines is 1. The number of Topliss-reactive ketones (excluding diaryl/α,β-unsaturated/α-hetero) is 1. The number of alkyl halides is 3. The van der Waals surface area contributed by atoms with Gasteiger partial charge < -0.3 is 9.88 Å². The van der Waals surface area contributed by atoms with Crippen molar-refractivity contribution in [2.75, 3.05) is 17.6 Å². The van der Waals surface area contributed by atoms with Gasteiger partial charge in [-0.2, -0.15) is 13.2 Å². The number of thioether (sulfide) groups is 1. The summed E-state index contributed by atoms with van der Waals surface area (Å²) >= 11 is 2.57. The Balaban J connectivity index is 2.05. The van der Waals surface area contributed by atoms with Crippen LogP contribution < -0.4 is 5.32 Å². The van der Waals surface area contributed by atoms with Crippen molar-refractivity contribution in [3.05, 3.63) is 23.0 Å². The van der Waals surface area contributed by atoms with E-state index in [0.29, 0.717) is 26.4 Å². The van der Waals surface area contributed by atoms with Crippen molar-refractivity contribution >= 4 is 34.0 Å². The Morgan fingerprint density at radius 2 is 2.08 bits per heavy atom. The zero-order chi connectivity index (χ0) is 17.9. The van der Waals surface area contributed by atoms with Gasteiger partial charge in [-0.1, -0.05) is 23.1 Å². The summed E-state index contributed by atoms with van der Waals surface area (Å²) in [6.45, 7) is 4.67. The van der Waals surface area contributed by atoms with E-state index in [1.54, 1.807) is 6.92 Å². The molecular formula is C14H17F3N4OS2. The van der Waals surface area contributed by atoms with Crippen molar-refractivity contribution in [2.45, 2.75) is 37.8 Å². The second-order valence-corrected chi connectivity index (χ2v) is 7.30. The first-order chi connectivity index (χ1) is 11.2. The monoisotopic (exact) mass is 378 g/mol. The van der Waals surface area contributed by atoms with E-state index >= 15 is 0 Å². The third-order valence-electron chi connectivity index (χ3n) is 3.27. The molecule has 0 aliphatic carbocycles. The summed E-state index contributed by atoms with van der Waals surface area (Å²) in [6, 6.07) is 1.51. The first-order valence-electron chi connectivity index (χ1n) is 7.18.